The third-order valence-corrected chi connectivity index (χ3v) is 0.699. The molecule has 0 aromatic heterocycles. The van der Waals surface area contributed by atoms with Gasteiger partial charge in [0.05, 0.1) is 4.61 Å². The standard InChI is InChI=1S/C4H6BBrN2/c5-3(7)1-2-4(6)8/h1-2H,7-8H2/b3-1-,4-2-. The van der Waals surface area contributed by atoms with E-state index in [2.05, 4.69) is 15.9 Å². The molecule has 0 fully saturated rings. The zero-order valence-electron chi connectivity index (χ0n) is 4.26. The largest absolute Gasteiger partial charge is 0.411 e. The Morgan fingerprint density at radius 3 is 2.00 bits per heavy atom. The van der Waals surface area contributed by atoms with Gasteiger partial charge in [0.25, 0.3) is 0 Å². The van der Waals surface area contributed by atoms with Crippen LogP contribution < -0.4 is 11.5 Å². The van der Waals surface area contributed by atoms with Gasteiger partial charge in [-0.05, 0) is 27.6 Å². The number of halogens is 1. The molecule has 0 bridgehead atoms. The third kappa shape index (κ3) is 5.62. The second kappa shape index (κ2) is 3.61. The molecular weight excluding hydrogens is 167 g/mol. The molecule has 0 atom stereocenters. The minimum Gasteiger partial charge on any atom is -0.411 e. The van der Waals surface area contributed by atoms with Crippen LogP contribution in [0, 0.1) is 0 Å². The Bertz CT molecular complexity index is 106. The highest BCUT2D eigenvalue weighted by atomic mass is 79.9. The first kappa shape index (κ1) is 7.62. The quantitative estimate of drug-likeness (QED) is 0.336. The highest BCUT2D eigenvalue weighted by Crippen LogP contribution is 1.93. The summed E-state index contributed by atoms with van der Waals surface area (Å²) in [5, 5.41) is 0. The van der Waals surface area contributed by atoms with Crippen molar-refractivity contribution < 1.29 is 0 Å². The van der Waals surface area contributed by atoms with Crippen LogP contribution in [0.15, 0.2) is 22.4 Å². The smallest absolute Gasteiger partial charge is 0.137 e. The molecule has 4 heteroatoms. The molecule has 4 N–H and O–H groups in total. The summed E-state index contributed by atoms with van der Waals surface area (Å²) in [4.78, 5) is 0. The Balaban J connectivity index is 3.76. The monoisotopic (exact) mass is 172 g/mol. The zero-order valence-corrected chi connectivity index (χ0v) is 5.85. The number of allylic oxidation sites excluding steroid dienone is 2. The molecule has 0 unspecified atom stereocenters. The highest BCUT2D eigenvalue weighted by Gasteiger charge is 1.74. The summed E-state index contributed by atoms with van der Waals surface area (Å²) in [6, 6.07) is 0. The van der Waals surface area contributed by atoms with Crippen molar-refractivity contribution in [1.82, 2.24) is 0 Å². The predicted molar refractivity (Wildman–Crippen MR) is 39.2 cm³/mol. The van der Waals surface area contributed by atoms with Gasteiger partial charge >= 0.3 is 0 Å². The van der Waals surface area contributed by atoms with E-state index < -0.39 is 0 Å². The van der Waals surface area contributed by atoms with E-state index in [0.717, 1.165) is 0 Å². The fourth-order valence-corrected chi connectivity index (χ4v) is 0.308. The SMILES string of the molecule is [B]/C(N)=C/C=C(\N)Br. The van der Waals surface area contributed by atoms with E-state index in [0.29, 0.717) is 4.61 Å². The molecule has 8 heavy (non-hydrogen) atoms. The Hall–Kier alpha value is -0.375. The molecule has 0 aliphatic carbocycles. The molecule has 0 aromatic rings. The van der Waals surface area contributed by atoms with Gasteiger partial charge in [0.2, 0.25) is 0 Å². The van der Waals surface area contributed by atoms with Crippen molar-refractivity contribution in [2.24, 2.45) is 11.5 Å². The Morgan fingerprint density at radius 1 is 1.38 bits per heavy atom. The zero-order chi connectivity index (χ0) is 6.57. The van der Waals surface area contributed by atoms with Crippen LogP contribution in [-0.2, 0) is 0 Å². The van der Waals surface area contributed by atoms with Gasteiger partial charge in [-0.3, -0.25) is 0 Å². The molecule has 0 heterocycles. The van der Waals surface area contributed by atoms with Crippen LogP contribution in [0.3, 0.4) is 0 Å². The summed E-state index contributed by atoms with van der Waals surface area (Å²) in [5.41, 5.74) is 10.5. The molecule has 0 amide bonds. The van der Waals surface area contributed by atoms with Gasteiger partial charge in [0.15, 0.2) is 0 Å². The van der Waals surface area contributed by atoms with Gasteiger partial charge in [0.1, 0.15) is 7.85 Å². The molecule has 0 spiro atoms. The topological polar surface area (TPSA) is 52.0 Å². The van der Waals surface area contributed by atoms with Gasteiger partial charge < -0.3 is 11.5 Å². The minimum atomic E-state index is 0.243. The molecule has 0 saturated heterocycles. The second-order valence-electron chi connectivity index (χ2n) is 1.22. The maximum atomic E-state index is 5.16. The van der Waals surface area contributed by atoms with E-state index in [1.807, 2.05) is 0 Å². The molecule has 0 aliphatic heterocycles. The summed E-state index contributed by atoms with van der Waals surface area (Å²) in [7, 11) is 5.06. The van der Waals surface area contributed by atoms with E-state index in [1.165, 1.54) is 6.08 Å². The first-order valence-electron chi connectivity index (χ1n) is 1.97. The van der Waals surface area contributed by atoms with E-state index in [9.17, 15) is 0 Å². The van der Waals surface area contributed by atoms with Crippen molar-refractivity contribution in [3.05, 3.63) is 22.4 Å². The van der Waals surface area contributed by atoms with Crippen LogP contribution in [0.2, 0.25) is 0 Å². The summed E-state index contributed by atoms with van der Waals surface area (Å²) in [5.74, 6) is 0. The van der Waals surface area contributed by atoms with Crippen molar-refractivity contribution >= 4 is 23.8 Å². The van der Waals surface area contributed by atoms with Crippen LogP contribution in [-0.4, -0.2) is 7.85 Å². The van der Waals surface area contributed by atoms with Crippen LogP contribution >= 0.6 is 15.9 Å². The number of hydrogen-bond donors (Lipinski definition) is 2. The number of nitrogens with two attached hydrogens (primary N) is 2. The lowest BCUT2D eigenvalue weighted by molar-refractivity contribution is 1.51. The maximum absolute atomic E-state index is 5.16. The van der Waals surface area contributed by atoms with Crippen LogP contribution in [0.4, 0.5) is 0 Å². The van der Waals surface area contributed by atoms with E-state index in [-0.39, 0.29) is 5.60 Å². The second-order valence-corrected chi connectivity index (χ2v) is 2.13. The fourth-order valence-electron chi connectivity index (χ4n) is 0.176. The molecule has 0 rings (SSSR count). The summed E-state index contributed by atoms with van der Waals surface area (Å²) in [6.45, 7) is 0. The molecule has 0 saturated carbocycles. The first-order valence-corrected chi connectivity index (χ1v) is 2.76. The molecule has 42 valence electrons. The first-order chi connectivity index (χ1) is 3.63. The number of rotatable bonds is 1. The van der Waals surface area contributed by atoms with E-state index in [4.69, 9.17) is 19.3 Å². The molecule has 0 aliphatic rings. The molecule has 0 aromatic carbocycles. The van der Waals surface area contributed by atoms with Crippen molar-refractivity contribution in [3.8, 4) is 0 Å². The maximum Gasteiger partial charge on any atom is 0.137 e. The highest BCUT2D eigenvalue weighted by molar-refractivity contribution is 9.11. The van der Waals surface area contributed by atoms with Crippen molar-refractivity contribution in [3.63, 3.8) is 0 Å². The average Bonchev–Trinajstić information content (AvgIpc) is 1.61. The lowest BCUT2D eigenvalue weighted by Crippen LogP contribution is -1.94. The van der Waals surface area contributed by atoms with Crippen molar-refractivity contribution in [2.45, 2.75) is 0 Å². The number of hydrogen-bond acceptors (Lipinski definition) is 2. The van der Waals surface area contributed by atoms with Gasteiger partial charge in [-0.2, -0.15) is 0 Å². The Labute approximate surface area is 58.2 Å². The molecule has 2 nitrogen and oxygen atoms in total. The average molecular weight is 173 g/mol. The van der Waals surface area contributed by atoms with Crippen molar-refractivity contribution in [2.75, 3.05) is 0 Å². The van der Waals surface area contributed by atoms with Gasteiger partial charge in [-0.15, -0.1) is 0 Å². The van der Waals surface area contributed by atoms with Gasteiger partial charge in [0, 0.05) is 0 Å². The molecule has 2 radical (unpaired) electrons. The third-order valence-electron chi connectivity index (χ3n) is 0.435. The summed E-state index contributed by atoms with van der Waals surface area (Å²) >= 11 is 2.99. The summed E-state index contributed by atoms with van der Waals surface area (Å²) < 4.78 is 0.505. The minimum absolute atomic E-state index is 0.243. The van der Waals surface area contributed by atoms with Crippen molar-refractivity contribution in [1.29, 1.82) is 0 Å². The predicted octanol–water partition coefficient (Wildman–Crippen LogP) is 0.150. The van der Waals surface area contributed by atoms with Crippen LogP contribution in [0.1, 0.15) is 0 Å². The van der Waals surface area contributed by atoms with E-state index in [1.54, 1.807) is 6.08 Å². The summed E-state index contributed by atoms with van der Waals surface area (Å²) in [6.07, 6.45) is 3.07. The molecular formula is C4H6BBrN2. The lowest BCUT2D eigenvalue weighted by atomic mass is 10.1. The normalized spacial score (nSPS) is 14.1. The van der Waals surface area contributed by atoms with E-state index >= 15 is 0 Å². The van der Waals surface area contributed by atoms with Crippen LogP contribution in [0.25, 0.3) is 0 Å². The Kier molecular flexibility index (Phi) is 3.44. The Morgan fingerprint density at radius 2 is 1.88 bits per heavy atom. The fraction of sp³-hybridized carbons (Fsp3) is 0. The van der Waals surface area contributed by atoms with Gasteiger partial charge in [-0.25, -0.2) is 0 Å². The van der Waals surface area contributed by atoms with Crippen LogP contribution in [0.5, 0.6) is 0 Å². The van der Waals surface area contributed by atoms with Gasteiger partial charge in [-0.1, -0.05) is 6.08 Å². The lowest BCUT2D eigenvalue weighted by Gasteiger charge is -1.84.